The van der Waals surface area contributed by atoms with Crippen molar-refractivity contribution in [2.45, 2.75) is 51.1 Å². The third-order valence-electron chi connectivity index (χ3n) is 6.39. The molecule has 0 aliphatic carbocycles. The summed E-state index contributed by atoms with van der Waals surface area (Å²) in [6.07, 6.45) is 1.09. The van der Waals surface area contributed by atoms with Gasteiger partial charge in [0.1, 0.15) is 18.3 Å². The van der Waals surface area contributed by atoms with Gasteiger partial charge in [-0.3, -0.25) is 13.9 Å². The van der Waals surface area contributed by atoms with Crippen molar-refractivity contribution in [3.63, 3.8) is 0 Å². The fourth-order valence-corrected chi connectivity index (χ4v) is 5.83. The van der Waals surface area contributed by atoms with Crippen LogP contribution in [0.25, 0.3) is 0 Å². The molecule has 10 heteroatoms. The summed E-state index contributed by atoms with van der Waals surface area (Å²) in [4.78, 5) is 28.7. The fourth-order valence-electron chi connectivity index (χ4n) is 4.30. The molecule has 0 unspecified atom stereocenters. The number of anilines is 1. The lowest BCUT2D eigenvalue weighted by molar-refractivity contribution is -0.140. The predicted molar refractivity (Wildman–Crippen MR) is 158 cm³/mol. The maximum absolute atomic E-state index is 14.1. The van der Waals surface area contributed by atoms with Crippen molar-refractivity contribution in [3.05, 3.63) is 88.9 Å². The lowest BCUT2D eigenvalue weighted by atomic mass is 10.1. The molecule has 0 radical (unpaired) electrons. The van der Waals surface area contributed by atoms with E-state index < -0.39 is 28.5 Å². The Morgan fingerprint density at radius 1 is 1.00 bits per heavy atom. The lowest BCUT2D eigenvalue weighted by Crippen LogP contribution is -2.52. The smallest absolute Gasteiger partial charge is 0.264 e. The van der Waals surface area contributed by atoms with Crippen LogP contribution in [-0.2, 0) is 26.2 Å². The molecule has 214 valence electrons. The number of carbonyl (C=O) groups is 2. The van der Waals surface area contributed by atoms with Crippen molar-refractivity contribution in [1.82, 2.24) is 10.2 Å². The Labute approximate surface area is 241 Å². The van der Waals surface area contributed by atoms with E-state index in [0.717, 1.165) is 21.9 Å². The van der Waals surface area contributed by atoms with Crippen LogP contribution in [0.1, 0.15) is 37.8 Å². The average molecular weight is 586 g/mol. The molecule has 0 saturated carbocycles. The van der Waals surface area contributed by atoms with Crippen LogP contribution in [0.15, 0.2) is 77.7 Å². The number of sulfonamides is 1. The van der Waals surface area contributed by atoms with Crippen molar-refractivity contribution in [1.29, 1.82) is 0 Å². The van der Waals surface area contributed by atoms with E-state index in [9.17, 15) is 18.0 Å². The normalized spacial score (nSPS) is 11.9. The minimum absolute atomic E-state index is 0.00159. The number of rotatable bonds is 13. The van der Waals surface area contributed by atoms with Crippen molar-refractivity contribution in [2.75, 3.05) is 24.5 Å². The molecule has 1 N–H and O–H groups in total. The van der Waals surface area contributed by atoms with Gasteiger partial charge in [-0.05, 0) is 79.4 Å². The van der Waals surface area contributed by atoms with Crippen LogP contribution in [-0.4, -0.2) is 51.4 Å². The maximum atomic E-state index is 14.1. The first-order chi connectivity index (χ1) is 19.1. The SMILES string of the molecule is CCCNC(=O)[C@@H](CC)N(Cc1cccc(OC)c1)C(=O)CN(c1cccc(C)c1)S(=O)(=O)c1ccc(Cl)cc1. The standard InChI is InChI=1S/C30H36ClN3O5S/c1-5-17-32-30(36)28(6-2)33(20-23-10-8-12-26(19-23)39-4)29(35)21-34(25-11-7-9-22(3)18-25)40(37,38)27-15-13-24(31)14-16-27/h7-16,18-19,28H,5-6,17,20-21H2,1-4H3,(H,32,36)/t28-/m1/s1. The number of halogens is 1. The third kappa shape index (κ3) is 7.76. The summed E-state index contributed by atoms with van der Waals surface area (Å²) in [5.74, 6) is -0.191. The van der Waals surface area contributed by atoms with Crippen LogP contribution < -0.4 is 14.4 Å². The molecule has 0 fully saturated rings. The van der Waals surface area contributed by atoms with E-state index in [1.165, 1.54) is 29.2 Å². The van der Waals surface area contributed by atoms with Gasteiger partial charge in [0.05, 0.1) is 17.7 Å². The molecule has 3 aromatic rings. The van der Waals surface area contributed by atoms with Gasteiger partial charge in [-0.1, -0.05) is 49.7 Å². The summed E-state index contributed by atoms with van der Waals surface area (Å²) in [5, 5.41) is 3.27. The maximum Gasteiger partial charge on any atom is 0.264 e. The summed E-state index contributed by atoms with van der Waals surface area (Å²) in [5.41, 5.74) is 1.92. The number of methoxy groups -OCH3 is 1. The number of amides is 2. The largest absolute Gasteiger partial charge is 0.497 e. The number of nitrogens with zero attached hydrogens (tertiary/aromatic N) is 2. The first-order valence-corrected chi connectivity index (χ1v) is 15.0. The van der Waals surface area contributed by atoms with Crippen molar-refractivity contribution in [2.24, 2.45) is 0 Å². The molecular weight excluding hydrogens is 550 g/mol. The van der Waals surface area contributed by atoms with E-state index in [4.69, 9.17) is 16.3 Å². The van der Waals surface area contributed by atoms with Crippen LogP contribution in [0.4, 0.5) is 5.69 Å². The second kappa shape index (κ2) is 14.2. The first kappa shape index (κ1) is 31.0. The van der Waals surface area contributed by atoms with Gasteiger partial charge in [0.25, 0.3) is 10.0 Å². The lowest BCUT2D eigenvalue weighted by Gasteiger charge is -2.33. The van der Waals surface area contributed by atoms with E-state index in [0.29, 0.717) is 29.4 Å². The summed E-state index contributed by atoms with van der Waals surface area (Å²) in [6.45, 7) is 5.68. The minimum Gasteiger partial charge on any atom is -0.497 e. The summed E-state index contributed by atoms with van der Waals surface area (Å²) < 4.78 is 34.2. The Morgan fingerprint density at radius 3 is 2.33 bits per heavy atom. The van der Waals surface area contributed by atoms with E-state index in [2.05, 4.69) is 5.32 Å². The van der Waals surface area contributed by atoms with E-state index in [-0.39, 0.29) is 17.3 Å². The average Bonchev–Trinajstić information content (AvgIpc) is 2.94. The zero-order valence-corrected chi connectivity index (χ0v) is 24.8. The van der Waals surface area contributed by atoms with Crippen LogP contribution in [0.5, 0.6) is 5.75 Å². The zero-order chi connectivity index (χ0) is 29.3. The topological polar surface area (TPSA) is 96.0 Å². The van der Waals surface area contributed by atoms with E-state index >= 15 is 0 Å². The minimum atomic E-state index is -4.16. The summed E-state index contributed by atoms with van der Waals surface area (Å²) >= 11 is 6.00. The molecule has 3 rings (SSSR count). The Hall–Kier alpha value is -3.56. The highest BCUT2D eigenvalue weighted by atomic mass is 35.5. The molecule has 0 aromatic heterocycles. The van der Waals surface area contributed by atoms with Gasteiger partial charge in [-0.2, -0.15) is 0 Å². The Balaban J connectivity index is 2.06. The number of ether oxygens (including phenoxy) is 1. The highest BCUT2D eigenvalue weighted by Gasteiger charge is 2.33. The number of hydrogen-bond donors (Lipinski definition) is 1. The Bertz CT molecular complexity index is 1410. The second-order valence-corrected chi connectivity index (χ2v) is 11.7. The zero-order valence-electron chi connectivity index (χ0n) is 23.3. The second-order valence-electron chi connectivity index (χ2n) is 9.39. The molecule has 0 aliphatic heterocycles. The summed E-state index contributed by atoms with van der Waals surface area (Å²) in [7, 11) is -2.61. The highest BCUT2D eigenvalue weighted by molar-refractivity contribution is 7.92. The van der Waals surface area contributed by atoms with Crippen molar-refractivity contribution < 1.29 is 22.7 Å². The molecule has 0 bridgehead atoms. The molecule has 0 saturated heterocycles. The van der Waals surface area contributed by atoms with Crippen molar-refractivity contribution >= 4 is 39.1 Å². The molecule has 0 heterocycles. The van der Waals surface area contributed by atoms with Crippen LogP contribution in [0.2, 0.25) is 5.02 Å². The van der Waals surface area contributed by atoms with Gasteiger partial charge in [0, 0.05) is 18.1 Å². The van der Waals surface area contributed by atoms with E-state index in [1.807, 2.05) is 32.9 Å². The van der Waals surface area contributed by atoms with Gasteiger partial charge in [-0.25, -0.2) is 8.42 Å². The van der Waals surface area contributed by atoms with Crippen molar-refractivity contribution in [3.8, 4) is 5.75 Å². The summed E-state index contributed by atoms with van der Waals surface area (Å²) in [6, 6.07) is 19.2. The predicted octanol–water partition coefficient (Wildman–Crippen LogP) is 5.19. The molecule has 1 atom stereocenters. The first-order valence-electron chi connectivity index (χ1n) is 13.2. The van der Waals surface area contributed by atoms with Crippen LogP contribution in [0.3, 0.4) is 0 Å². The molecular formula is C30H36ClN3O5S. The quantitative estimate of drug-likeness (QED) is 0.298. The Morgan fingerprint density at radius 2 is 1.70 bits per heavy atom. The molecule has 0 aliphatic rings. The third-order valence-corrected chi connectivity index (χ3v) is 8.43. The van der Waals surface area contributed by atoms with Gasteiger partial charge in [-0.15, -0.1) is 0 Å². The molecule has 2 amide bonds. The van der Waals surface area contributed by atoms with Gasteiger partial charge in [0.2, 0.25) is 11.8 Å². The van der Waals surface area contributed by atoms with Gasteiger partial charge >= 0.3 is 0 Å². The Kier molecular flexibility index (Phi) is 11.0. The number of hydrogen-bond acceptors (Lipinski definition) is 5. The fraction of sp³-hybridized carbons (Fsp3) is 0.333. The molecule has 40 heavy (non-hydrogen) atoms. The molecule has 8 nitrogen and oxygen atoms in total. The number of carbonyl (C=O) groups excluding carboxylic acids is 2. The number of nitrogens with one attached hydrogen (secondary N) is 1. The van der Waals surface area contributed by atoms with Gasteiger partial charge < -0.3 is 15.0 Å². The van der Waals surface area contributed by atoms with Crippen LogP contribution >= 0.6 is 11.6 Å². The number of aryl methyl sites for hydroxylation is 1. The molecule has 3 aromatic carbocycles. The van der Waals surface area contributed by atoms with E-state index in [1.54, 1.807) is 43.5 Å². The molecule has 0 spiro atoms. The monoisotopic (exact) mass is 585 g/mol. The van der Waals surface area contributed by atoms with Crippen LogP contribution in [0, 0.1) is 6.92 Å². The number of benzene rings is 3. The van der Waals surface area contributed by atoms with Gasteiger partial charge in [0.15, 0.2) is 0 Å². The highest BCUT2D eigenvalue weighted by Crippen LogP contribution is 2.27.